The van der Waals surface area contributed by atoms with Gasteiger partial charge in [0, 0.05) is 6.54 Å². The molecule has 0 radical (unpaired) electrons. The molecule has 2 aromatic rings. The first kappa shape index (κ1) is 12.1. The molecular formula is C11H12N2O2S2. The van der Waals surface area contributed by atoms with Gasteiger partial charge in [-0.25, -0.2) is 9.78 Å². The Morgan fingerprint density at radius 3 is 3.06 bits per heavy atom. The van der Waals surface area contributed by atoms with Gasteiger partial charge in [-0.2, -0.15) is 11.3 Å². The molecule has 0 amide bonds. The molecule has 6 heteroatoms. The van der Waals surface area contributed by atoms with Crippen LogP contribution in [0.15, 0.2) is 16.8 Å². The molecule has 2 aromatic heterocycles. The second-order valence-corrected chi connectivity index (χ2v) is 5.19. The first-order valence-electron chi connectivity index (χ1n) is 5.01. The van der Waals surface area contributed by atoms with Crippen molar-refractivity contribution in [2.24, 2.45) is 0 Å². The monoisotopic (exact) mass is 268 g/mol. The summed E-state index contributed by atoms with van der Waals surface area (Å²) in [7, 11) is 1.37. The second-order valence-electron chi connectivity index (χ2n) is 3.41. The number of thiazole rings is 1. The van der Waals surface area contributed by atoms with Gasteiger partial charge in [-0.15, -0.1) is 0 Å². The normalized spacial score (nSPS) is 10.2. The van der Waals surface area contributed by atoms with Crippen LogP contribution in [0.1, 0.15) is 20.9 Å². The number of ether oxygens (including phenoxy) is 1. The van der Waals surface area contributed by atoms with Crippen molar-refractivity contribution in [3.05, 3.63) is 33.0 Å². The van der Waals surface area contributed by atoms with Gasteiger partial charge in [0.1, 0.15) is 4.88 Å². The smallest absolute Gasteiger partial charge is 0.350 e. The van der Waals surface area contributed by atoms with E-state index in [-0.39, 0.29) is 5.97 Å². The number of rotatable bonds is 4. The molecule has 0 bridgehead atoms. The van der Waals surface area contributed by atoms with Crippen LogP contribution in [0, 0.1) is 6.92 Å². The fraction of sp³-hybridized carbons (Fsp3) is 0.273. The van der Waals surface area contributed by atoms with Gasteiger partial charge in [0.15, 0.2) is 5.13 Å². The predicted molar refractivity (Wildman–Crippen MR) is 69.8 cm³/mol. The Hall–Kier alpha value is -1.40. The third-order valence-electron chi connectivity index (χ3n) is 2.19. The van der Waals surface area contributed by atoms with Crippen molar-refractivity contribution in [3.8, 4) is 0 Å². The van der Waals surface area contributed by atoms with Crippen LogP contribution in [0.5, 0.6) is 0 Å². The minimum Gasteiger partial charge on any atom is -0.465 e. The largest absolute Gasteiger partial charge is 0.465 e. The molecule has 2 heterocycles. The standard InChI is InChI=1S/C11H12N2O2S2/c1-7-9(10(14)15-2)17-11(13-7)12-5-8-3-4-16-6-8/h3-4,6H,5H2,1-2H3,(H,12,13). The number of nitrogens with zero attached hydrogens (tertiary/aromatic N) is 1. The van der Waals surface area contributed by atoms with Crippen molar-refractivity contribution in [1.82, 2.24) is 4.98 Å². The van der Waals surface area contributed by atoms with Crippen LogP contribution < -0.4 is 5.32 Å². The zero-order valence-corrected chi connectivity index (χ0v) is 11.2. The average molecular weight is 268 g/mol. The van der Waals surface area contributed by atoms with Crippen molar-refractivity contribution in [1.29, 1.82) is 0 Å². The van der Waals surface area contributed by atoms with E-state index in [0.717, 1.165) is 11.7 Å². The Bertz CT molecular complexity index is 506. The van der Waals surface area contributed by atoms with E-state index in [2.05, 4.69) is 26.5 Å². The van der Waals surface area contributed by atoms with E-state index in [1.165, 1.54) is 24.0 Å². The third-order valence-corrected chi connectivity index (χ3v) is 4.02. The fourth-order valence-corrected chi connectivity index (χ4v) is 2.87. The number of nitrogens with one attached hydrogen (secondary N) is 1. The summed E-state index contributed by atoms with van der Waals surface area (Å²) in [6.07, 6.45) is 0. The van der Waals surface area contributed by atoms with Crippen LogP contribution in [0.3, 0.4) is 0 Å². The molecule has 0 aliphatic rings. The molecule has 0 saturated heterocycles. The van der Waals surface area contributed by atoms with Gasteiger partial charge in [0.2, 0.25) is 0 Å². The van der Waals surface area contributed by atoms with Gasteiger partial charge in [-0.05, 0) is 29.3 Å². The lowest BCUT2D eigenvalue weighted by atomic mass is 10.3. The lowest BCUT2D eigenvalue weighted by molar-refractivity contribution is 0.0605. The molecule has 0 atom stereocenters. The second kappa shape index (κ2) is 5.29. The molecule has 0 fully saturated rings. The number of aryl methyl sites for hydroxylation is 1. The molecule has 0 spiro atoms. The van der Waals surface area contributed by atoms with Gasteiger partial charge in [-0.1, -0.05) is 11.3 Å². The highest BCUT2D eigenvalue weighted by Gasteiger charge is 2.15. The molecule has 4 nitrogen and oxygen atoms in total. The van der Waals surface area contributed by atoms with E-state index >= 15 is 0 Å². The SMILES string of the molecule is COC(=O)c1sc(NCc2ccsc2)nc1C. The van der Waals surface area contributed by atoms with Gasteiger partial charge < -0.3 is 10.1 Å². The highest BCUT2D eigenvalue weighted by molar-refractivity contribution is 7.17. The first-order chi connectivity index (χ1) is 8.20. The molecule has 17 heavy (non-hydrogen) atoms. The van der Waals surface area contributed by atoms with Crippen molar-refractivity contribution < 1.29 is 9.53 Å². The minimum absolute atomic E-state index is 0.330. The predicted octanol–water partition coefficient (Wildman–Crippen LogP) is 2.91. The Morgan fingerprint density at radius 1 is 1.59 bits per heavy atom. The number of hydrogen-bond acceptors (Lipinski definition) is 6. The molecule has 1 N–H and O–H groups in total. The number of anilines is 1. The van der Waals surface area contributed by atoms with E-state index in [1.807, 2.05) is 5.38 Å². The molecule has 0 aliphatic heterocycles. The topological polar surface area (TPSA) is 51.2 Å². The van der Waals surface area contributed by atoms with Crippen LogP contribution in [-0.2, 0) is 11.3 Å². The molecule has 0 saturated carbocycles. The summed E-state index contributed by atoms with van der Waals surface area (Å²) in [6.45, 7) is 2.52. The van der Waals surface area contributed by atoms with E-state index in [4.69, 9.17) is 0 Å². The quantitative estimate of drug-likeness (QED) is 0.866. The van der Waals surface area contributed by atoms with Crippen LogP contribution in [0.4, 0.5) is 5.13 Å². The lowest BCUT2D eigenvalue weighted by Crippen LogP contribution is -1.99. The summed E-state index contributed by atoms with van der Waals surface area (Å²) < 4.78 is 4.69. The highest BCUT2D eigenvalue weighted by Crippen LogP contribution is 2.23. The molecular weight excluding hydrogens is 256 g/mol. The van der Waals surface area contributed by atoms with Gasteiger partial charge >= 0.3 is 5.97 Å². The van der Waals surface area contributed by atoms with E-state index in [9.17, 15) is 4.79 Å². The average Bonchev–Trinajstić information content (AvgIpc) is 2.94. The van der Waals surface area contributed by atoms with Crippen molar-refractivity contribution >= 4 is 33.8 Å². The zero-order chi connectivity index (χ0) is 12.3. The van der Waals surface area contributed by atoms with Crippen LogP contribution in [-0.4, -0.2) is 18.1 Å². The first-order valence-corrected chi connectivity index (χ1v) is 6.77. The maximum absolute atomic E-state index is 11.4. The number of thiophene rings is 1. The number of carbonyl (C=O) groups excluding carboxylic acids is 1. The number of carbonyl (C=O) groups is 1. The maximum atomic E-state index is 11.4. The number of hydrogen-bond donors (Lipinski definition) is 1. The Labute approximate surface area is 107 Å². The summed E-state index contributed by atoms with van der Waals surface area (Å²) in [5.41, 5.74) is 1.91. The van der Waals surface area contributed by atoms with Crippen LogP contribution >= 0.6 is 22.7 Å². The van der Waals surface area contributed by atoms with E-state index < -0.39 is 0 Å². The lowest BCUT2D eigenvalue weighted by Gasteiger charge is -1.98. The summed E-state index contributed by atoms with van der Waals surface area (Å²) >= 11 is 2.98. The summed E-state index contributed by atoms with van der Waals surface area (Å²) in [4.78, 5) is 16.2. The Balaban J connectivity index is 2.05. The summed E-state index contributed by atoms with van der Waals surface area (Å²) in [6, 6.07) is 2.05. The minimum atomic E-state index is -0.330. The maximum Gasteiger partial charge on any atom is 0.350 e. The summed E-state index contributed by atoms with van der Waals surface area (Å²) in [5.74, 6) is -0.330. The van der Waals surface area contributed by atoms with E-state index in [1.54, 1.807) is 18.3 Å². The number of esters is 1. The van der Waals surface area contributed by atoms with Crippen molar-refractivity contribution in [3.63, 3.8) is 0 Å². The molecule has 2 rings (SSSR count). The zero-order valence-electron chi connectivity index (χ0n) is 9.52. The van der Waals surface area contributed by atoms with Gasteiger partial charge in [-0.3, -0.25) is 0 Å². The Morgan fingerprint density at radius 2 is 2.41 bits per heavy atom. The van der Waals surface area contributed by atoms with Crippen LogP contribution in [0.2, 0.25) is 0 Å². The molecule has 0 aliphatic carbocycles. The van der Waals surface area contributed by atoms with Crippen LogP contribution in [0.25, 0.3) is 0 Å². The molecule has 0 unspecified atom stereocenters. The number of methoxy groups -OCH3 is 1. The van der Waals surface area contributed by atoms with Gasteiger partial charge in [0.05, 0.1) is 12.8 Å². The van der Waals surface area contributed by atoms with Gasteiger partial charge in [0.25, 0.3) is 0 Å². The highest BCUT2D eigenvalue weighted by atomic mass is 32.1. The fourth-order valence-electron chi connectivity index (χ4n) is 1.33. The van der Waals surface area contributed by atoms with Crippen molar-refractivity contribution in [2.45, 2.75) is 13.5 Å². The molecule has 0 aromatic carbocycles. The van der Waals surface area contributed by atoms with E-state index in [0.29, 0.717) is 10.6 Å². The molecule has 90 valence electrons. The Kier molecular flexibility index (Phi) is 3.75. The summed E-state index contributed by atoms with van der Waals surface area (Å²) in [5, 5.41) is 8.05. The van der Waals surface area contributed by atoms with Crippen molar-refractivity contribution in [2.75, 3.05) is 12.4 Å². The third kappa shape index (κ3) is 2.83. The number of aromatic nitrogens is 1.